The predicted octanol–water partition coefficient (Wildman–Crippen LogP) is 6.88. The number of benzene rings is 3. The van der Waals surface area contributed by atoms with Crippen LogP contribution in [0.4, 0.5) is 11.4 Å². The van der Waals surface area contributed by atoms with Crippen molar-refractivity contribution in [1.82, 2.24) is 16.3 Å². The van der Waals surface area contributed by atoms with Crippen molar-refractivity contribution < 1.29 is 0 Å². The summed E-state index contributed by atoms with van der Waals surface area (Å²) in [6.07, 6.45) is 12.1. The fraction of sp³-hybridized carbons (Fsp3) is 0.484. The van der Waals surface area contributed by atoms with E-state index in [-0.39, 0.29) is 6.17 Å². The fourth-order valence-corrected chi connectivity index (χ4v) is 5.00. The topological polar surface area (TPSA) is 86.2 Å². The van der Waals surface area contributed by atoms with Crippen LogP contribution < -0.4 is 32.8 Å². The lowest BCUT2D eigenvalue weighted by molar-refractivity contribution is 0.298. The molecule has 0 radical (unpaired) electrons. The molecule has 6 heteroatoms. The van der Waals surface area contributed by atoms with Gasteiger partial charge in [-0.2, -0.15) is 5.53 Å². The third-order valence-electron chi connectivity index (χ3n) is 7.16. The van der Waals surface area contributed by atoms with E-state index in [0.717, 1.165) is 30.8 Å². The summed E-state index contributed by atoms with van der Waals surface area (Å²) in [6.45, 7) is 5.44. The normalized spacial score (nSPS) is 13.8. The summed E-state index contributed by atoms with van der Waals surface area (Å²) in [5.74, 6) is 5.74. The van der Waals surface area contributed by atoms with Gasteiger partial charge in [0.15, 0.2) is 0 Å². The van der Waals surface area contributed by atoms with Crippen LogP contribution in [0.5, 0.6) is 0 Å². The Balaban J connectivity index is 1.69. The molecule has 0 spiro atoms. The van der Waals surface area contributed by atoms with Gasteiger partial charge in [0.2, 0.25) is 0 Å². The van der Waals surface area contributed by atoms with Crippen molar-refractivity contribution in [2.75, 3.05) is 17.2 Å². The highest BCUT2D eigenvalue weighted by molar-refractivity contribution is 5.94. The van der Waals surface area contributed by atoms with Crippen LogP contribution >= 0.6 is 0 Å². The highest BCUT2D eigenvalue weighted by Crippen LogP contribution is 2.30. The van der Waals surface area contributed by atoms with Crippen molar-refractivity contribution in [2.45, 2.75) is 89.9 Å². The number of nitrogens with two attached hydrogens (primary N) is 1. The van der Waals surface area contributed by atoms with Crippen LogP contribution in [0.25, 0.3) is 10.8 Å². The van der Waals surface area contributed by atoms with Crippen LogP contribution in [0, 0.1) is 0 Å². The Hall–Kier alpha value is -2.64. The molecule has 0 heterocycles. The third kappa shape index (κ3) is 9.63. The molecule has 0 saturated heterocycles. The van der Waals surface area contributed by atoms with Gasteiger partial charge in [0.25, 0.3) is 0 Å². The van der Waals surface area contributed by atoms with E-state index < -0.39 is 5.66 Å². The summed E-state index contributed by atoms with van der Waals surface area (Å²) in [6, 6.07) is 25.4. The van der Waals surface area contributed by atoms with Crippen LogP contribution in [0.15, 0.2) is 72.8 Å². The van der Waals surface area contributed by atoms with Gasteiger partial charge in [0.1, 0.15) is 5.66 Å². The molecule has 0 aliphatic rings. The SMILES string of the molecule is CCCCCCCCCCNC(CC(CC)(Nc1ccccc1)Nc1cccc2ccccc12)NNN. The molecule has 3 rings (SSSR count). The first-order chi connectivity index (χ1) is 18.2. The Kier molecular flexibility index (Phi) is 12.7. The molecule has 7 N–H and O–H groups in total. The van der Waals surface area contributed by atoms with Crippen molar-refractivity contribution in [3.63, 3.8) is 0 Å². The van der Waals surface area contributed by atoms with E-state index in [4.69, 9.17) is 5.84 Å². The zero-order chi connectivity index (χ0) is 26.2. The standard InChI is InChI=1S/C31H48N6/c1-3-5-6-7-8-9-10-16-24-33-30(36-37-32)25-31(4-2,34-27-20-12-11-13-21-27)35-29-23-17-19-26-18-14-15-22-28(26)29/h11-15,17-23,30,33-37H,3-10,16,24-25,32H2,1-2H3. The lowest BCUT2D eigenvalue weighted by atomic mass is 9.97. The molecule has 0 amide bonds. The maximum Gasteiger partial charge on any atom is 0.110 e. The molecule has 37 heavy (non-hydrogen) atoms. The van der Waals surface area contributed by atoms with Crippen molar-refractivity contribution in [1.29, 1.82) is 0 Å². The van der Waals surface area contributed by atoms with Gasteiger partial charge in [-0.25, -0.2) is 5.43 Å². The number of rotatable bonds is 19. The molecule has 6 nitrogen and oxygen atoms in total. The highest BCUT2D eigenvalue weighted by atomic mass is 15.6. The second-order valence-electron chi connectivity index (χ2n) is 10.1. The number of hydrogen-bond donors (Lipinski definition) is 6. The van der Waals surface area contributed by atoms with Crippen LogP contribution in [-0.2, 0) is 0 Å². The summed E-state index contributed by atoms with van der Waals surface area (Å²) in [5.41, 5.74) is 7.72. The predicted molar refractivity (Wildman–Crippen MR) is 160 cm³/mol. The van der Waals surface area contributed by atoms with E-state index in [0.29, 0.717) is 0 Å². The Bertz CT molecular complexity index is 1010. The number of fused-ring (bicyclic) bond motifs is 1. The highest BCUT2D eigenvalue weighted by Gasteiger charge is 2.32. The van der Waals surface area contributed by atoms with Gasteiger partial charge in [0.05, 0.1) is 6.17 Å². The van der Waals surface area contributed by atoms with E-state index in [2.05, 4.69) is 107 Å². The minimum atomic E-state index is -0.410. The molecule has 202 valence electrons. The zero-order valence-corrected chi connectivity index (χ0v) is 22.9. The van der Waals surface area contributed by atoms with Gasteiger partial charge in [0, 0.05) is 23.2 Å². The minimum absolute atomic E-state index is 0.0202. The van der Waals surface area contributed by atoms with Crippen LogP contribution in [0.3, 0.4) is 0 Å². The molecule has 0 aliphatic carbocycles. The Morgan fingerprint density at radius 3 is 2.14 bits per heavy atom. The Morgan fingerprint density at radius 1 is 0.730 bits per heavy atom. The van der Waals surface area contributed by atoms with E-state index in [1.807, 2.05) is 6.07 Å². The largest absolute Gasteiger partial charge is 0.363 e. The third-order valence-corrected chi connectivity index (χ3v) is 7.16. The molecule has 2 unspecified atom stereocenters. The molecule has 3 aromatic carbocycles. The molecule has 0 saturated carbocycles. The monoisotopic (exact) mass is 504 g/mol. The minimum Gasteiger partial charge on any atom is -0.363 e. The first kappa shape index (κ1) is 28.9. The zero-order valence-electron chi connectivity index (χ0n) is 22.9. The first-order valence-electron chi connectivity index (χ1n) is 14.2. The number of anilines is 2. The van der Waals surface area contributed by atoms with E-state index >= 15 is 0 Å². The Morgan fingerprint density at radius 2 is 1.41 bits per heavy atom. The first-order valence-corrected chi connectivity index (χ1v) is 14.2. The molecule has 3 aromatic rings. The second-order valence-corrected chi connectivity index (χ2v) is 10.1. The number of hydrazine groups is 2. The number of para-hydroxylation sites is 1. The number of nitrogens with one attached hydrogen (secondary N) is 5. The molecule has 0 aliphatic heterocycles. The molecular formula is C31H48N6. The van der Waals surface area contributed by atoms with Crippen LogP contribution in [-0.4, -0.2) is 18.4 Å². The number of unbranched alkanes of at least 4 members (excludes halogenated alkanes) is 7. The van der Waals surface area contributed by atoms with Crippen molar-refractivity contribution in [3.8, 4) is 0 Å². The lowest BCUT2D eigenvalue weighted by Crippen LogP contribution is -2.58. The van der Waals surface area contributed by atoms with Crippen molar-refractivity contribution >= 4 is 22.1 Å². The maximum atomic E-state index is 5.74. The molecule has 2 atom stereocenters. The maximum absolute atomic E-state index is 5.74. The van der Waals surface area contributed by atoms with Crippen molar-refractivity contribution in [3.05, 3.63) is 72.8 Å². The molecular weight excluding hydrogens is 456 g/mol. The Labute approximate surface area is 224 Å². The molecule has 0 bridgehead atoms. The summed E-state index contributed by atoms with van der Waals surface area (Å²) in [7, 11) is 0. The number of hydrogen-bond acceptors (Lipinski definition) is 6. The van der Waals surface area contributed by atoms with Crippen LogP contribution in [0.1, 0.15) is 78.1 Å². The van der Waals surface area contributed by atoms with Crippen LogP contribution in [0.2, 0.25) is 0 Å². The summed E-state index contributed by atoms with van der Waals surface area (Å²) < 4.78 is 0. The van der Waals surface area contributed by atoms with Crippen molar-refractivity contribution in [2.24, 2.45) is 5.84 Å². The second kappa shape index (κ2) is 16.3. The van der Waals surface area contributed by atoms with Gasteiger partial charge in [-0.1, -0.05) is 113 Å². The average Bonchev–Trinajstić information content (AvgIpc) is 2.93. The van der Waals surface area contributed by atoms with Gasteiger partial charge in [-0.3, -0.25) is 5.84 Å². The summed E-state index contributed by atoms with van der Waals surface area (Å²) in [5, 5.41) is 13.9. The van der Waals surface area contributed by atoms with Gasteiger partial charge in [-0.15, -0.1) is 0 Å². The smallest absolute Gasteiger partial charge is 0.110 e. The fourth-order valence-electron chi connectivity index (χ4n) is 5.00. The van der Waals surface area contributed by atoms with E-state index in [1.54, 1.807) is 0 Å². The quantitative estimate of drug-likeness (QED) is 0.0462. The lowest BCUT2D eigenvalue weighted by Gasteiger charge is -2.40. The van der Waals surface area contributed by atoms with Gasteiger partial charge < -0.3 is 16.0 Å². The van der Waals surface area contributed by atoms with Gasteiger partial charge in [-0.05, 0) is 43.0 Å². The molecule has 0 fully saturated rings. The summed E-state index contributed by atoms with van der Waals surface area (Å²) >= 11 is 0. The van der Waals surface area contributed by atoms with Gasteiger partial charge >= 0.3 is 0 Å². The van der Waals surface area contributed by atoms with E-state index in [1.165, 1.54) is 62.1 Å². The van der Waals surface area contributed by atoms with E-state index in [9.17, 15) is 0 Å². The average molecular weight is 505 g/mol. The summed E-state index contributed by atoms with van der Waals surface area (Å²) in [4.78, 5) is 0. The molecule has 0 aromatic heterocycles.